The Morgan fingerprint density at radius 1 is 1.19 bits per heavy atom. The Balaban J connectivity index is 2.21. The summed E-state index contributed by atoms with van der Waals surface area (Å²) >= 11 is 0. The second-order valence-electron chi connectivity index (χ2n) is 3.59. The first kappa shape index (κ1) is 13.0. The number of aliphatic hydroxyl groups excluding tert-OH is 1. The van der Waals surface area contributed by atoms with Crippen LogP contribution >= 0.6 is 0 Å². The summed E-state index contributed by atoms with van der Waals surface area (Å²) in [5, 5.41) is 11.9. The second kappa shape index (κ2) is 5.86. The second-order valence-corrected chi connectivity index (χ2v) is 3.59. The summed E-state index contributed by atoms with van der Waals surface area (Å²) < 4.78 is 35.6. The van der Waals surface area contributed by atoms with Gasteiger partial charge in [-0.1, -0.05) is 30.3 Å². The summed E-state index contributed by atoms with van der Waals surface area (Å²) in [6.45, 7) is 0.393. The Kier molecular flexibility index (Phi) is 4.76. The smallest absolute Gasteiger partial charge is 0.391 e. The lowest BCUT2D eigenvalue weighted by Crippen LogP contribution is -2.30. The highest BCUT2D eigenvalue weighted by atomic mass is 19.4. The van der Waals surface area contributed by atoms with Gasteiger partial charge in [-0.05, 0) is 5.56 Å². The quantitative estimate of drug-likeness (QED) is 0.816. The zero-order chi connectivity index (χ0) is 12.0. The molecule has 1 aromatic carbocycles. The highest BCUT2D eigenvalue weighted by Crippen LogP contribution is 2.21. The highest BCUT2D eigenvalue weighted by Gasteiger charge is 2.30. The van der Waals surface area contributed by atoms with Gasteiger partial charge in [0.2, 0.25) is 0 Å². The van der Waals surface area contributed by atoms with Crippen molar-refractivity contribution >= 4 is 0 Å². The topological polar surface area (TPSA) is 32.3 Å². The van der Waals surface area contributed by atoms with E-state index in [4.69, 9.17) is 5.11 Å². The molecule has 0 aliphatic carbocycles. The van der Waals surface area contributed by atoms with E-state index >= 15 is 0 Å². The largest absolute Gasteiger partial charge is 0.391 e. The van der Waals surface area contributed by atoms with Crippen molar-refractivity contribution in [3.05, 3.63) is 35.9 Å². The lowest BCUT2D eigenvalue weighted by atomic mass is 10.2. The van der Waals surface area contributed by atoms with Crippen molar-refractivity contribution in [2.75, 3.05) is 6.54 Å². The van der Waals surface area contributed by atoms with Crippen molar-refractivity contribution in [1.29, 1.82) is 0 Å². The predicted octanol–water partition coefficient (Wildman–Crippen LogP) is 2.09. The zero-order valence-corrected chi connectivity index (χ0v) is 8.67. The minimum absolute atomic E-state index is 0.0611. The van der Waals surface area contributed by atoms with Crippen LogP contribution in [-0.4, -0.2) is 23.9 Å². The van der Waals surface area contributed by atoms with Crippen LogP contribution in [0.5, 0.6) is 0 Å². The van der Waals surface area contributed by atoms with Gasteiger partial charge in [0.25, 0.3) is 0 Å². The van der Waals surface area contributed by atoms with Gasteiger partial charge in [0, 0.05) is 13.1 Å². The van der Waals surface area contributed by atoms with Crippen molar-refractivity contribution < 1.29 is 18.3 Å². The molecule has 0 saturated carbocycles. The van der Waals surface area contributed by atoms with E-state index in [1.165, 1.54) is 0 Å². The number of hydrogen-bond acceptors (Lipinski definition) is 2. The maximum absolute atomic E-state index is 11.9. The van der Waals surface area contributed by atoms with Crippen LogP contribution in [0.1, 0.15) is 12.0 Å². The first-order valence-electron chi connectivity index (χ1n) is 4.97. The van der Waals surface area contributed by atoms with E-state index in [9.17, 15) is 13.2 Å². The lowest BCUT2D eigenvalue weighted by molar-refractivity contribution is -0.152. The molecule has 0 radical (unpaired) electrons. The van der Waals surface area contributed by atoms with Gasteiger partial charge in [-0.2, -0.15) is 13.2 Å². The summed E-state index contributed by atoms with van der Waals surface area (Å²) in [5.74, 6) is 0. The van der Waals surface area contributed by atoms with Crippen LogP contribution in [-0.2, 0) is 6.54 Å². The van der Waals surface area contributed by atoms with Crippen LogP contribution in [0, 0.1) is 0 Å². The van der Waals surface area contributed by atoms with E-state index in [2.05, 4.69) is 5.32 Å². The molecule has 0 spiro atoms. The molecule has 0 saturated heterocycles. The van der Waals surface area contributed by atoms with E-state index in [1.807, 2.05) is 30.3 Å². The van der Waals surface area contributed by atoms with Crippen LogP contribution in [0.2, 0.25) is 0 Å². The van der Waals surface area contributed by atoms with Gasteiger partial charge in [-0.3, -0.25) is 0 Å². The highest BCUT2D eigenvalue weighted by molar-refractivity contribution is 5.14. The summed E-state index contributed by atoms with van der Waals surface area (Å²) in [7, 11) is 0. The van der Waals surface area contributed by atoms with Crippen molar-refractivity contribution in [2.24, 2.45) is 0 Å². The number of nitrogens with one attached hydrogen (secondary N) is 1. The number of rotatable bonds is 5. The van der Waals surface area contributed by atoms with Crippen molar-refractivity contribution in [1.82, 2.24) is 5.32 Å². The summed E-state index contributed by atoms with van der Waals surface area (Å²) in [6.07, 6.45) is -6.87. The fourth-order valence-electron chi connectivity index (χ4n) is 1.32. The third-order valence-corrected chi connectivity index (χ3v) is 2.02. The molecule has 2 N–H and O–H groups in total. The Morgan fingerprint density at radius 2 is 1.81 bits per heavy atom. The number of aliphatic hydroxyl groups is 1. The van der Waals surface area contributed by atoms with Crippen LogP contribution in [0.4, 0.5) is 13.2 Å². The molecule has 1 aromatic rings. The summed E-state index contributed by atoms with van der Waals surface area (Å²) in [6, 6.07) is 9.29. The molecule has 0 heterocycles. The minimum Gasteiger partial charge on any atom is -0.391 e. The van der Waals surface area contributed by atoms with Crippen LogP contribution in [0.25, 0.3) is 0 Å². The standard InChI is InChI=1S/C11H14F3NO/c12-11(13,14)6-10(16)8-15-7-9-4-2-1-3-5-9/h1-5,10,15-16H,6-8H2. The first-order chi connectivity index (χ1) is 7.47. The van der Waals surface area contributed by atoms with Gasteiger partial charge in [-0.15, -0.1) is 0 Å². The monoisotopic (exact) mass is 233 g/mol. The fraction of sp³-hybridized carbons (Fsp3) is 0.455. The molecule has 0 bridgehead atoms. The number of halogens is 3. The Hall–Kier alpha value is -1.07. The Morgan fingerprint density at radius 3 is 2.38 bits per heavy atom. The molecule has 0 aromatic heterocycles. The van der Waals surface area contributed by atoms with Gasteiger partial charge in [-0.25, -0.2) is 0 Å². The molecule has 0 fully saturated rings. The lowest BCUT2D eigenvalue weighted by Gasteiger charge is -2.13. The van der Waals surface area contributed by atoms with Crippen LogP contribution < -0.4 is 5.32 Å². The van der Waals surface area contributed by atoms with Gasteiger partial charge in [0.15, 0.2) is 0 Å². The van der Waals surface area contributed by atoms with E-state index < -0.39 is 18.7 Å². The summed E-state index contributed by atoms with van der Waals surface area (Å²) in [4.78, 5) is 0. The normalized spacial score (nSPS) is 13.8. The minimum atomic E-state index is -4.31. The maximum Gasteiger partial charge on any atom is 0.391 e. The van der Waals surface area contributed by atoms with Crippen molar-refractivity contribution in [2.45, 2.75) is 25.2 Å². The summed E-state index contributed by atoms with van der Waals surface area (Å²) in [5.41, 5.74) is 0.974. The molecule has 2 nitrogen and oxygen atoms in total. The molecule has 1 rings (SSSR count). The van der Waals surface area contributed by atoms with E-state index in [0.717, 1.165) is 5.56 Å². The third kappa shape index (κ3) is 5.72. The zero-order valence-electron chi connectivity index (χ0n) is 8.67. The van der Waals surface area contributed by atoms with E-state index in [-0.39, 0.29) is 6.54 Å². The van der Waals surface area contributed by atoms with Gasteiger partial charge >= 0.3 is 6.18 Å². The number of benzene rings is 1. The molecule has 90 valence electrons. The number of hydrogen-bond donors (Lipinski definition) is 2. The Bertz CT molecular complexity index is 300. The number of alkyl halides is 3. The predicted molar refractivity (Wildman–Crippen MR) is 54.8 cm³/mol. The third-order valence-electron chi connectivity index (χ3n) is 2.02. The molecule has 5 heteroatoms. The molecule has 0 amide bonds. The van der Waals surface area contributed by atoms with Crippen LogP contribution in [0.3, 0.4) is 0 Å². The Labute approximate surface area is 92.1 Å². The van der Waals surface area contributed by atoms with E-state index in [1.54, 1.807) is 0 Å². The first-order valence-corrected chi connectivity index (χ1v) is 4.97. The van der Waals surface area contributed by atoms with Crippen molar-refractivity contribution in [3.63, 3.8) is 0 Å². The van der Waals surface area contributed by atoms with Crippen LogP contribution in [0.15, 0.2) is 30.3 Å². The molecule has 0 aliphatic rings. The fourth-order valence-corrected chi connectivity index (χ4v) is 1.32. The molecular formula is C11H14F3NO. The average molecular weight is 233 g/mol. The van der Waals surface area contributed by atoms with Gasteiger partial charge in [0.1, 0.15) is 0 Å². The molecular weight excluding hydrogens is 219 g/mol. The maximum atomic E-state index is 11.9. The van der Waals surface area contributed by atoms with Crippen molar-refractivity contribution in [3.8, 4) is 0 Å². The molecule has 1 unspecified atom stereocenters. The van der Waals surface area contributed by atoms with Gasteiger partial charge in [0.05, 0.1) is 12.5 Å². The van der Waals surface area contributed by atoms with E-state index in [0.29, 0.717) is 6.54 Å². The molecule has 0 aliphatic heterocycles. The van der Waals surface area contributed by atoms with Gasteiger partial charge < -0.3 is 10.4 Å². The average Bonchev–Trinajstić information content (AvgIpc) is 2.16. The molecule has 16 heavy (non-hydrogen) atoms. The SMILES string of the molecule is OC(CNCc1ccccc1)CC(F)(F)F. The molecule has 1 atom stereocenters.